The summed E-state index contributed by atoms with van der Waals surface area (Å²) in [6, 6.07) is 0. The van der Waals surface area contributed by atoms with Crippen molar-refractivity contribution in [2.24, 2.45) is 0 Å². The molecular formula is C7H10N2O2. The van der Waals surface area contributed by atoms with E-state index >= 15 is 0 Å². The lowest BCUT2D eigenvalue weighted by atomic mass is 10.1. The lowest BCUT2D eigenvalue weighted by Crippen LogP contribution is -2.00. The van der Waals surface area contributed by atoms with Gasteiger partial charge in [0.2, 0.25) is 0 Å². The average Bonchev–Trinajstić information content (AvgIpc) is 2.36. The quantitative estimate of drug-likeness (QED) is 0.684. The van der Waals surface area contributed by atoms with Gasteiger partial charge in [-0.1, -0.05) is 13.3 Å². The Bertz CT molecular complexity index is 255. The number of carboxylic acid groups (broad SMARTS) is 1. The number of carboxylic acids is 1. The smallest absolute Gasteiger partial charge is 0.356 e. The van der Waals surface area contributed by atoms with Crippen molar-refractivity contribution < 1.29 is 9.90 Å². The summed E-state index contributed by atoms with van der Waals surface area (Å²) in [7, 11) is 0. The van der Waals surface area contributed by atoms with Crippen LogP contribution in [-0.2, 0) is 6.42 Å². The highest BCUT2D eigenvalue weighted by atomic mass is 16.4. The lowest BCUT2D eigenvalue weighted by Gasteiger charge is -1.92. The van der Waals surface area contributed by atoms with Gasteiger partial charge < -0.3 is 5.11 Å². The second kappa shape index (κ2) is 3.18. The van der Waals surface area contributed by atoms with E-state index in [0.29, 0.717) is 0 Å². The van der Waals surface area contributed by atoms with E-state index in [1.165, 1.54) is 0 Å². The molecule has 0 unspecified atom stereocenters. The summed E-state index contributed by atoms with van der Waals surface area (Å²) in [5.74, 6) is -0.963. The number of aromatic carboxylic acids is 1. The molecule has 4 nitrogen and oxygen atoms in total. The zero-order chi connectivity index (χ0) is 8.27. The van der Waals surface area contributed by atoms with Crippen molar-refractivity contribution in [2.45, 2.75) is 19.8 Å². The van der Waals surface area contributed by atoms with E-state index in [4.69, 9.17) is 5.11 Å². The average molecular weight is 154 g/mol. The van der Waals surface area contributed by atoms with E-state index in [0.717, 1.165) is 18.4 Å². The fraction of sp³-hybridized carbons (Fsp3) is 0.429. The summed E-state index contributed by atoms with van der Waals surface area (Å²) in [6.07, 6.45) is 3.32. The first-order valence-electron chi connectivity index (χ1n) is 3.51. The van der Waals surface area contributed by atoms with E-state index < -0.39 is 5.97 Å². The van der Waals surface area contributed by atoms with Crippen LogP contribution < -0.4 is 0 Å². The van der Waals surface area contributed by atoms with Crippen molar-refractivity contribution in [2.75, 3.05) is 0 Å². The second-order valence-corrected chi connectivity index (χ2v) is 2.31. The molecule has 60 valence electrons. The van der Waals surface area contributed by atoms with Gasteiger partial charge in [0.15, 0.2) is 5.69 Å². The van der Waals surface area contributed by atoms with Gasteiger partial charge in [-0.2, -0.15) is 5.10 Å². The maximum absolute atomic E-state index is 10.5. The molecule has 0 aromatic carbocycles. The standard InChI is InChI=1S/C7H10N2O2/c1-2-3-5-4-8-9-6(5)7(10)11/h4H,2-3H2,1H3,(H,8,9)(H,10,11). The van der Waals surface area contributed by atoms with Crippen molar-refractivity contribution in [3.63, 3.8) is 0 Å². The first-order valence-corrected chi connectivity index (χ1v) is 3.51. The highest BCUT2D eigenvalue weighted by Crippen LogP contribution is 2.06. The highest BCUT2D eigenvalue weighted by Gasteiger charge is 2.11. The molecule has 0 saturated carbocycles. The van der Waals surface area contributed by atoms with Crippen LogP contribution in [0.4, 0.5) is 0 Å². The zero-order valence-electron chi connectivity index (χ0n) is 6.29. The van der Waals surface area contributed by atoms with E-state index in [1.54, 1.807) is 6.20 Å². The topological polar surface area (TPSA) is 66.0 Å². The largest absolute Gasteiger partial charge is 0.476 e. The van der Waals surface area contributed by atoms with Gasteiger partial charge in [0.05, 0.1) is 0 Å². The summed E-state index contributed by atoms with van der Waals surface area (Å²) >= 11 is 0. The first-order chi connectivity index (χ1) is 5.25. The third kappa shape index (κ3) is 1.58. The van der Waals surface area contributed by atoms with Gasteiger partial charge in [-0.3, -0.25) is 5.10 Å². The van der Waals surface area contributed by atoms with Crippen molar-refractivity contribution >= 4 is 5.97 Å². The van der Waals surface area contributed by atoms with Gasteiger partial charge in [0.1, 0.15) is 0 Å². The van der Waals surface area contributed by atoms with Crippen LogP contribution in [0.15, 0.2) is 6.20 Å². The molecule has 0 bridgehead atoms. The van der Waals surface area contributed by atoms with Gasteiger partial charge in [0, 0.05) is 11.8 Å². The van der Waals surface area contributed by atoms with E-state index in [1.807, 2.05) is 6.92 Å². The minimum atomic E-state index is -0.963. The van der Waals surface area contributed by atoms with Crippen molar-refractivity contribution in [1.29, 1.82) is 0 Å². The Morgan fingerprint density at radius 2 is 2.55 bits per heavy atom. The number of aromatic amines is 1. The molecule has 1 aromatic heterocycles. The van der Waals surface area contributed by atoms with Crippen LogP contribution in [-0.4, -0.2) is 21.3 Å². The Balaban J connectivity index is 2.87. The summed E-state index contributed by atoms with van der Waals surface area (Å²) < 4.78 is 0. The van der Waals surface area contributed by atoms with Gasteiger partial charge >= 0.3 is 5.97 Å². The fourth-order valence-corrected chi connectivity index (χ4v) is 0.960. The van der Waals surface area contributed by atoms with Gasteiger partial charge in [-0.15, -0.1) is 0 Å². The normalized spacial score (nSPS) is 9.91. The van der Waals surface area contributed by atoms with Crippen LogP contribution in [0, 0.1) is 0 Å². The maximum Gasteiger partial charge on any atom is 0.356 e. The molecule has 1 aromatic rings. The number of rotatable bonds is 3. The monoisotopic (exact) mass is 154 g/mol. The minimum Gasteiger partial charge on any atom is -0.476 e. The van der Waals surface area contributed by atoms with Crippen LogP contribution in [0.5, 0.6) is 0 Å². The van der Waals surface area contributed by atoms with Crippen molar-refractivity contribution in [3.05, 3.63) is 17.5 Å². The van der Waals surface area contributed by atoms with Crippen molar-refractivity contribution in [3.8, 4) is 0 Å². The molecule has 0 radical (unpaired) electrons. The zero-order valence-corrected chi connectivity index (χ0v) is 6.29. The van der Waals surface area contributed by atoms with Crippen LogP contribution >= 0.6 is 0 Å². The first kappa shape index (κ1) is 7.78. The Morgan fingerprint density at radius 3 is 3.09 bits per heavy atom. The summed E-state index contributed by atoms with van der Waals surface area (Å²) in [5, 5.41) is 14.7. The molecular weight excluding hydrogens is 144 g/mol. The number of hydrogen-bond acceptors (Lipinski definition) is 2. The molecule has 0 aliphatic rings. The van der Waals surface area contributed by atoms with Crippen LogP contribution in [0.1, 0.15) is 29.4 Å². The number of hydrogen-bond donors (Lipinski definition) is 2. The molecule has 0 aliphatic heterocycles. The maximum atomic E-state index is 10.5. The Morgan fingerprint density at radius 1 is 1.82 bits per heavy atom. The van der Waals surface area contributed by atoms with E-state index in [2.05, 4.69) is 10.2 Å². The molecule has 0 atom stereocenters. The molecule has 0 spiro atoms. The highest BCUT2D eigenvalue weighted by molar-refractivity contribution is 5.86. The summed E-state index contributed by atoms with van der Waals surface area (Å²) in [4.78, 5) is 10.5. The summed E-state index contributed by atoms with van der Waals surface area (Å²) in [5.41, 5.74) is 0.923. The third-order valence-electron chi connectivity index (χ3n) is 1.44. The van der Waals surface area contributed by atoms with Crippen LogP contribution in [0.3, 0.4) is 0 Å². The minimum absolute atomic E-state index is 0.145. The molecule has 0 saturated heterocycles. The molecule has 0 aliphatic carbocycles. The van der Waals surface area contributed by atoms with Crippen molar-refractivity contribution in [1.82, 2.24) is 10.2 Å². The number of nitrogens with one attached hydrogen (secondary N) is 1. The van der Waals surface area contributed by atoms with Crippen LogP contribution in [0.2, 0.25) is 0 Å². The Hall–Kier alpha value is -1.32. The summed E-state index contributed by atoms with van der Waals surface area (Å²) in [6.45, 7) is 2.00. The molecule has 1 rings (SSSR count). The SMILES string of the molecule is CCCc1c[nH]nc1C(=O)O. The molecule has 4 heteroatoms. The third-order valence-corrected chi connectivity index (χ3v) is 1.44. The van der Waals surface area contributed by atoms with Crippen LogP contribution in [0.25, 0.3) is 0 Å². The molecule has 2 N–H and O–H groups in total. The Labute approximate surface area is 64.2 Å². The number of aryl methyl sites for hydroxylation is 1. The van der Waals surface area contributed by atoms with Gasteiger partial charge in [-0.05, 0) is 6.42 Å². The predicted molar refractivity (Wildman–Crippen MR) is 39.5 cm³/mol. The lowest BCUT2D eigenvalue weighted by molar-refractivity contribution is 0.0689. The number of H-pyrrole nitrogens is 1. The molecule has 0 amide bonds. The molecule has 0 fully saturated rings. The van der Waals surface area contributed by atoms with Gasteiger partial charge in [-0.25, -0.2) is 4.79 Å². The van der Waals surface area contributed by atoms with E-state index in [-0.39, 0.29) is 5.69 Å². The fourth-order valence-electron chi connectivity index (χ4n) is 0.960. The number of carbonyl (C=O) groups is 1. The predicted octanol–water partition coefficient (Wildman–Crippen LogP) is 1.06. The van der Waals surface area contributed by atoms with Gasteiger partial charge in [0.25, 0.3) is 0 Å². The molecule has 11 heavy (non-hydrogen) atoms. The van der Waals surface area contributed by atoms with E-state index in [9.17, 15) is 4.79 Å². The number of nitrogens with zero attached hydrogens (tertiary/aromatic N) is 1. The Kier molecular flexibility index (Phi) is 2.25. The second-order valence-electron chi connectivity index (χ2n) is 2.31. The number of aromatic nitrogens is 2. The molecule has 1 heterocycles.